The third-order valence-electron chi connectivity index (χ3n) is 4.98. The van der Waals surface area contributed by atoms with Crippen molar-refractivity contribution in [3.63, 3.8) is 0 Å². The molecule has 34 heavy (non-hydrogen) atoms. The smallest absolute Gasteiger partial charge is 0.119 e. The van der Waals surface area contributed by atoms with Gasteiger partial charge in [0.25, 0.3) is 0 Å². The number of hydrogen-bond donors (Lipinski definition) is 0. The summed E-state index contributed by atoms with van der Waals surface area (Å²) in [7, 11) is -0.813. The van der Waals surface area contributed by atoms with Crippen molar-refractivity contribution in [2.45, 2.75) is 41.5 Å². The van der Waals surface area contributed by atoms with Gasteiger partial charge in [-0.3, -0.25) is 0 Å². The minimum absolute atomic E-state index is 0.481. The summed E-state index contributed by atoms with van der Waals surface area (Å²) < 4.78 is 18.2. The van der Waals surface area contributed by atoms with Crippen LogP contribution in [0.15, 0.2) is 72.8 Å². The van der Waals surface area contributed by atoms with Gasteiger partial charge in [0, 0.05) is 0 Å². The van der Waals surface area contributed by atoms with Crippen molar-refractivity contribution in [2.24, 2.45) is 17.8 Å². The van der Waals surface area contributed by atoms with E-state index in [1.807, 2.05) is 18.2 Å². The first-order chi connectivity index (χ1) is 16.3. The Labute approximate surface area is 207 Å². The van der Waals surface area contributed by atoms with Crippen LogP contribution in [0.3, 0.4) is 0 Å². The molecule has 0 aromatic heterocycles. The molecule has 0 atom stereocenters. The summed E-state index contributed by atoms with van der Waals surface area (Å²) in [6.45, 7) is 15.1. The lowest BCUT2D eigenvalue weighted by Crippen LogP contribution is -2.21. The van der Waals surface area contributed by atoms with Gasteiger partial charge in [-0.2, -0.15) is 0 Å². The predicted octanol–water partition coefficient (Wildman–Crippen LogP) is 6.55. The highest BCUT2D eigenvalue weighted by Gasteiger charge is 2.19. The van der Waals surface area contributed by atoms with Crippen molar-refractivity contribution < 1.29 is 14.2 Å². The molecule has 0 fully saturated rings. The van der Waals surface area contributed by atoms with E-state index < -0.39 is 7.92 Å². The third-order valence-corrected chi connectivity index (χ3v) is 7.36. The van der Waals surface area contributed by atoms with Crippen molar-refractivity contribution in [3.8, 4) is 17.2 Å². The van der Waals surface area contributed by atoms with Gasteiger partial charge in [-0.15, -0.1) is 0 Å². The van der Waals surface area contributed by atoms with Gasteiger partial charge in [0.1, 0.15) is 17.2 Å². The Morgan fingerprint density at radius 3 is 1.06 bits per heavy atom. The van der Waals surface area contributed by atoms with E-state index in [4.69, 9.17) is 14.2 Å². The first-order valence-corrected chi connectivity index (χ1v) is 13.6. The number of rotatable bonds is 12. The van der Waals surface area contributed by atoms with Crippen LogP contribution in [-0.2, 0) is 0 Å². The van der Waals surface area contributed by atoms with Crippen LogP contribution in [0.1, 0.15) is 41.5 Å². The lowest BCUT2D eigenvalue weighted by molar-refractivity contribution is 0.271. The normalized spacial score (nSPS) is 11.5. The zero-order valence-corrected chi connectivity index (χ0v) is 22.3. The standard InChI is InChI=1S/C30H39O3P/c1-22(2)19-31-25-10-7-13-28(16-25)34(29-14-8-11-26(17-29)32-20-23(3)4)30-15-9-12-27(18-30)33-21-24(5)6/h7-18,22-24H,19-21H2,1-6H3. The quantitative estimate of drug-likeness (QED) is 0.276. The average Bonchev–Trinajstić information content (AvgIpc) is 2.81. The van der Waals surface area contributed by atoms with Crippen molar-refractivity contribution in [1.82, 2.24) is 0 Å². The molecular weight excluding hydrogens is 439 g/mol. The fourth-order valence-corrected chi connectivity index (χ4v) is 5.74. The Morgan fingerprint density at radius 1 is 0.500 bits per heavy atom. The van der Waals surface area contributed by atoms with Crippen LogP contribution >= 0.6 is 7.92 Å². The van der Waals surface area contributed by atoms with Crippen LogP contribution in [0.2, 0.25) is 0 Å². The Kier molecular flexibility index (Phi) is 9.84. The minimum Gasteiger partial charge on any atom is -0.493 e. The van der Waals surface area contributed by atoms with Gasteiger partial charge in [-0.05, 0) is 78.0 Å². The molecule has 0 radical (unpaired) electrons. The largest absolute Gasteiger partial charge is 0.493 e. The lowest BCUT2D eigenvalue weighted by Gasteiger charge is -2.22. The molecule has 0 N–H and O–H groups in total. The summed E-state index contributed by atoms with van der Waals surface area (Å²) in [5.41, 5.74) is 0. The average molecular weight is 479 g/mol. The lowest BCUT2D eigenvalue weighted by atomic mass is 10.2. The molecule has 0 bridgehead atoms. The number of hydrogen-bond acceptors (Lipinski definition) is 3. The second kappa shape index (κ2) is 12.8. The first-order valence-electron chi connectivity index (χ1n) is 12.3. The van der Waals surface area contributed by atoms with Gasteiger partial charge in [0.05, 0.1) is 19.8 Å². The van der Waals surface area contributed by atoms with Crippen LogP contribution in [0.25, 0.3) is 0 Å². The molecule has 0 amide bonds. The molecule has 0 saturated carbocycles. The van der Waals surface area contributed by atoms with Crippen LogP contribution in [-0.4, -0.2) is 19.8 Å². The number of benzene rings is 3. The summed E-state index contributed by atoms with van der Waals surface area (Å²) in [6.07, 6.45) is 0. The first kappa shape index (κ1) is 26.1. The van der Waals surface area contributed by atoms with E-state index in [1.165, 1.54) is 15.9 Å². The molecule has 0 spiro atoms. The van der Waals surface area contributed by atoms with E-state index in [1.54, 1.807) is 0 Å². The van der Waals surface area contributed by atoms with Crippen molar-refractivity contribution in [1.29, 1.82) is 0 Å². The maximum absolute atomic E-state index is 6.07. The van der Waals surface area contributed by atoms with Crippen LogP contribution in [0, 0.1) is 17.8 Å². The molecule has 0 heterocycles. The molecule has 0 aliphatic rings. The van der Waals surface area contributed by atoms with E-state index >= 15 is 0 Å². The van der Waals surface area contributed by atoms with E-state index in [0.29, 0.717) is 37.6 Å². The van der Waals surface area contributed by atoms with Gasteiger partial charge in [0.15, 0.2) is 0 Å². The Morgan fingerprint density at radius 2 is 0.794 bits per heavy atom. The molecule has 0 aliphatic heterocycles. The highest BCUT2D eigenvalue weighted by Crippen LogP contribution is 2.36. The molecule has 3 aromatic rings. The minimum atomic E-state index is -0.813. The van der Waals surface area contributed by atoms with Gasteiger partial charge in [0.2, 0.25) is 0 Å². The summed E-state index contributed by atoms with van der Waals surface area (Å²) in [6, 6.07) is 25.6. The zero-order chi connectivity index (χ0) is 24.5. The topological polar surface area (TPSA) is 27.7 Å². The second-order valence-corrected chi connectivity index (χ2v) is 12.2. The summed E-state index contributed by atoms with van der Waals surface area (Å²) >= 11 is 0. The van der Waals surface area contributed by atoms with Crippen LogP contribution in [0.4, 0.5) is 0 Å². The SMILES string of the molecule is CC(C)COc1cccc(P(c2cccc(OCC(C)C)c2)c2cccc(OCC(C)C)c2)c1. The Hall–Kier alpha value is -2.51. The van der Waals surface area contributed by atoms with E-state index in [9.17, 15) is 0 Å². The highest BCUT2D eigenvalue weighted by molar-refractivity contribution is 7.79. The molecule has 4 heteroatoms. The Balaban J connectivity index is 2.01. The van der Waals surface area contributed by atoms with Crippen LogP contribution in [0.5, 0.6) is 17.2 Å². The molecule has 3 nitrogen and oxygen atoms in total. The highest BCUT2D eigenvalue weighted by atomic mass is 31.1. The van der Waals surface area contributed by atoms with Gasteiger partial charge in [-0.25, -0.2) is 0 Å². The molecule has 3 rings (SSSR count). The van der Waals surface area contributed by atoms with E-state index in [-0.39, 0.29) is 0 Å². The molecule has 0 saturated heterocycles. The molecule has 182 valence electrons. The number of ether oxygens (including phenoxy) is 3. The summed E-state index contributed by atoms with van der Waals surface area (Å²) in [4.78, 5) is 0. The molecule has 0 unspecified atom stereocenters. The summed E-state index contributed by atoms with van der Waals surface area (Å²) in [5, 5.41) is 3.75. The summed E-state index contributed by atoms with van der Waals surface area (Å²) in [5.74, 6) is 4.19. The fraction of sp³-hybridized carbons (Fsp3) is 0.400. The van der Waals surface area contributed by atoms with Crippen molar-refractivity contribution in [3.05, 3.63) is 72.8 Å². The van der Waals surface area contributed by atoms with Gasteiger partial charge >= 0.3 is 0 Å². The monoisotopic (exact) mass is 478 g/mol. The zero-order valence-electron chi connectivity index (χ0n) is 21.5. The third kappa shape index (κ3) is 8.06. The Bertz CT molecular complexity index is 897. The second-order valence-electron chi connectivity index (χ2n) is 9.94. The molecule has 0 aliphatic carbocycles. The maximum Gasteiger partial charge on any atom is 0.119 e. The maximum atomic E-state index is 6.07. The van der Waals surface area contributed by atoms with E-state index in [0.717, 1.165) is 17.2 Å². The molecular formula is C30H39O3P. The van der Waals surface area contributed by atoms with Crippen molar-refractivity contribution >= 4 is 23.8 Å². The van der Waals surface area contributed by atoms with Crippen LogP contribution < -0.4 is 30.1 Å². The van der Waals surface area contributed by atoms with Crippen molar-refractivity contribution in [2.75, 3.05) is 19.8 Å². The van der Waals surface area contributed by atoms with E-state index in [2.05, 4.69) is 96.1 Å². The van der Waals surface area contributed by atoms with Gasteiger partial charge < -0.3 is 14.2 Å². The predicted molar refractivity (Wildman–Crippen MR) is 146 cm³/mol. The van der Waals surface area contributed by atoms with Gasteiger partial charge in [-0.1, -0.05) is 77.9 Å². The fourth-order valence-electron chi connectivity index (χ4n) is 3.37. The molecule has 3 aromatic carbocycles.